The Morgan fingerprint density at radius 2 is 1.88 bits per heavy atom. The molecule has 132 valence electrons. The summed E-state index contributed by atoms with van der Waals surface area (Å²) in [5, 5.41) is 2.89. The molecule has 0 spiro atoms. The molecule has 0 saturated carbocycles. The normalized spacial score (nSPS) is 17.9. The van der Waals surface area contributed by atoms with Gasteiger partial charge in [-0.25, -0.2) is 0 Å². The number of allylic oxidation sites excluding steroid dienone is 1. The van der Waals surface area contributed by atoms with Gasteiger partial charge in [-0.1, -0.05) is 36.9 Å². The van der Waals surface area contributed by atoms with Crippen molar-refractivity contribution < 1.29 is 19.1 Å². The fraction of sp³-hybridized carbons (Fsp3) is 0.143. The standard InChI is InChI=1S/C21H19NO4/c1-3-25-21(24)19-14(2)22-18(20(19)23)13-15-8-7-11-17(12-15)26-16-9-5-4-6-10-16/h4-13,19,22H,2-3H2,1H3. The van der Waals surface area contributed by atoms with Gasteiger partial charge in [0.05, 0.1) is 12.3 Å². The Labute approximate surface area is 151 Å². The maximum absolute atomic E-state index is 12.5. The minimum atomic E-state index is -0.995. The topological polar surface area (TPSA) is 64.6 Å². The first-order chi connectivity index (χ1) is 12.6. The summed E-state index contributed by atoms with van der Waals surface area (Å²) < 4.78 is 10.7. The van der Waals surface area contributed by atoms with E-state index in [1.54, 1.807) is 13.0 Å². The van der Waals surface area contributed by atoms with Crippen LogP contribution < -0.4 is 10.1 Å². The third-order valence-corrected chi connectivity index (χ3v) is 3.84. The highest BCUT2D eigenvalue weighted by Crippen LogP contribution is 2.26. The Bertz CT molecular complexity index is 871. The minimum Gasteiger partial charge on any atom is -0.465 e. The van der Waals surface area contributed by atoms with Gasteiger partial charge in [-0.3, -0.25) is 9.59 Å². The highest BCUT2D eigenvalue weighted by molar-refractivity contribution is 6.15. The number of ether oxygens (including phenoxy) is 2. The Balaban J connectivity index is 1.80. The van der Waals surface area contributed by atoms with Crippen LogP contribution in [0.5, 0.6) is 11.5 Å². The molecule has 2 aromatic carbocycles. The van der Waals surface area contributed by atoms with Gasteiger partial charge in [-0.15, -0.1) is 0 Å². The van der Waals surface area contributed by atoms with Crippen LogP contribution in [-0.4, -0.2) is 18.4 Å². The third kappa shape index (κ3) is 3.83. The lowest BCUT2D eigenvalue weighted by molar-refractivity contribution is -0.148. The summed E-state index contributed by atoms with van der Waals surface area (Å²) in [5.74, 6) is -0.549. The second-order valence-electron chi connectivity index (χ2n) is 5.75. The van der Waals surface area contributed by atoms with Gasteiger partial charge in [-0.05, 0) is 42.8 Å². The summed E-state index contributed by atoms with van der Waals surface area (Å²) in [6.07, 6.45) is 1.67. The molecule has 1 unspecified atom stereocenters. The molecule has 1 atom stereocenters. The highest BCUT2D eigenvalue weighted by Gasteiger charge is 2.39. The second kappa shape index (κ2) is 7.70. The van der Waals surface area contributed by atoms with Crippen LogP contribution in [0.25, 0.3) is 6.08 Å². The van der Waals surface area contributed by atoms with E-state index in [2.05, 4.69) is 11.9 Å². The van der Waals surface area contributed by atoms with Crippen LogP contribution in [0.3, 0.4) is 0 Å². The van der Waals surface area contributed by atoms with Crippen molar-refractivity contribution in [1.82, 2.24) is 5.32 Å². The Kier molecular flexibility index (Phi) is 5.17. The van der Waals surface area contributed by atoms with Crippen molar-refractivity contribution in [3.05, 3.63) is 78.1 Å². The number of esters is 1. The van der Waals surface area contributed by atoms with E-state index in [0.29, 0.717) is 17.1 Å². The molecule has 0 bridgehead atoms. The van der Waals surface area contributed by atoms with Crippen molar-refractivity contribution in [3.8, 4) is 11.5 Å². The summed E-state index contributed by atoms with van der Waals surface area (Å²) in [7, 11) is 0. The van der Waals surface area contributed by atoms with Crippen LogP contribution >= 0.6 is 0 Å². The number of hydrogen-bond donors (Lipinski definition) is 1. The molecular formula is C21H19NO4. The molecular weight excluding hydrogens is 330 g/mol. The predicted molar refractivity (Wildman–Crippen MR) is 98.3 cm³/mol. The summed E-state index contributed by atoms with van der Waals surface area (Å²) in [6, 6.07) is 16.8. The zero-order valence-electron chi connectivity index (χ0n) is 14.4. The first-order valence-corrected chi connectivity index (χ1v) is 8.30. The second-order valence-corrected chi connectivity index (χ2v) is 5.75. The molecule has 3 rings (SSSR count). The molecule has 2 aromatic rings. The molecule has 1 N–H and O–H groups in total. The van der Waals surface area contributed by atoms with Crippen LogP contribution in [0.4, 0.5) is 0 Å². The minimum absolute atomic E-state index is 0.216. The monoisotopic (exact) mass is 349 g/mol. The van der Waals surface area contributed by atoms with E-state index < -0.39 is 11.9 Å². The van der Waals surface area contributed by atoms with Gasteiger partial charge < -0.3 is 14.8 Å². The van der Waals surface area contributed by atoms with Gasteiger partial charge in [0.25, 0.3) is 0 Å². The average molecular weight is 349 g/mol. The summed E-state index contributed by atoms with van der Waals surface area (Å²) in [6.45, 7) is 5.67. The zero-order chi connectivity index (χ0) is 18.5. The lowest BCUT2D eigenvalue weighted by Crippen LogP contribution is -2.23. The van der Waals surface area contributed by atoms with Crippen molar-refractivity contribution in [2.75, 3.05) is 6.61 Å². The number of carbonyl (C=O) groups is 2. The Morgan fingerprint density at radius 1 is 1.15 bits per heavy atom. The van der Waals surface area contributed by atoms with Crippen LogP contribution in [0.15, 0.2) is 72.6 Å². The number of Topliss-reactive ketones (excluding diaryl/α,β-unsaturated/α-hetero) is 1. The maximum Gasteiger partial charge on any atom is 0.322 e. The molecule has 1 aliphatic heterocycles. The maximum atomic E-state index is 12.5. The molecule has 1 aliphatic rings. The Morgan fingerprint density at radius 3 is 2.62 bits per heavy atom. The van der Waals surface area contributed by atoms with Gasteiger partial charge in [-0.2, -0.15) is 0 Å². The number of benzene rings is 2. The van der Waals surface area contributed by atoms with Crippen molar-refractivity contribution >= 4 is 17.8 Å². The van der Waals surface area contributed by atoms with Gasteiger partial charge >= 0.3 is 5.97 Å². The molecule has 0 radical (unpaired) electrons. The van der Waals surface area contributed by atoms with Crippen LogP contribution in [0.1, 0.15) is 12.5 Å². The highest BCUT2D eigenvalue weighted by atomic mass is 16.5. The Hall–Kier alpha value is -3.34. The van der Waals surface area contributed by atoms with Crippen LogP contribution in [0.2, 0.25) is 0 Å². The summed E-state index contributed by atoms with van der Waals surface area (Å²) in [5.41, 5.74) is 1.41. The number of para-hydroxylation sites is 1. The molecule has 1 fully saturated rings. The zero-order valence-corrected chi connectivity index (χ0v) is 14.4. The smallest absolute Gasteiger partial charge is 0.322 e. The first kappa shape index (κ1) is 17.5. The van der Waals surface area contributed by atoms with Crippen molar-refractivity contribution in [1.29, 1.82) is 0 Å². The molecule has 0 aliphatic carbocycles. The van der Waals surface area contributed by atoms with E-state index in [-0.39, 0.29) is 12.4 Å². The van der Waals surface area contributed by atoms with E-state index in [9.17, 15) is 9.59 Å². The molecule has 1 heterocycles. The summed E-state index contributed by atoms with van der Waals surface area (Å²) >= 11 is 0. The fourth-order valence-electron chi connectivity index (χ4n) is 2.66. The molecule has 0 amide bonds. The van der Waals surface area contributed by atoms with Crippen molar-refractivity contribution in [2.24, 2.45) is 5.92 Å². The van der Waals surface area contributed by atoms with Crippen LogP contribution in [-0.2, 0) is 14.3 Å². The lowest BCUT2D eigenvalue weighted by atomic mass is 10.0. The third-order valence-electron chi connectivity index (χ3n) is 3.84. The SMILES string of the molecule is C=C1NC(=Cc2cccc(Oc3ccccc3)c2)C(=O)C1C(=O)OCC. The summed E-state index contributed by atoms with van der Waals surface area (Å²) in [4.78, 5) is 24.4. The average Bonchev–Trinajstić information content (AvgIpc) is 2.90. The van der Waals surface area contributed by atoms with Gasteiger partial charge in [0.2, 0.25) is 0 Å². The molecule has 5 heteroatoms. The van der Waals surface area contributed by atoms with Crippen molar-refractivity contribution in [2.45, 2.75) is 6.92 Å². The number of hydrogen-bond acceptors (Lipinski definition) is 5. The van der Waals surface area contributed by atoms with Gasteiger partial charge in [0, 0.05) is 5.70 Å². The number of rotatable bonds is 5. The van der Waals surface area contributed by atoms with E-state index in [4.69, 9.17) is 9.47 Å². The quantitative estimate of drug-likeness (QED) is 0.507. The fourth-order valence-corrected chi connectivity index (χ4v) is 2.66. The predicted octanol–water partition coefficient (Wildman–Crippen LogP) is 3.69. The number of carbonyl (C=O) groups excluding carboxylic acids is 2. The number of ketones is 1. The lowest BCUT2D eigenvalue weighted by Gasteiger charge is -2.06. The largest absolute Gasteiger partial charge is 0.465 e. The van der Waals surface area contributed by atoms with E-state index in [1.165, 1.54) is 0 Å². The van der Waals surface area contributed by atoms with Crippen molar-refractivity contribution in [3.63, 3.8) is 0 Å². The van der Waals surface area contributed by atoms with E-state index >= 15 is 0 Å². The van der Waals surface area contributed by atoms with E-state index in [0.717, 1.165) is 11.3 Å². The molecule has 5 nitrogen and oxygen atoms in total. The van der Waals surface area contributed by atoms with Gasteiger partial charge in [0.1, 0.15) is 11.5 Å². The molecule has 1 saturated heterocycles. The van der Waals surface area contributed by atoms with Crippen LogP contribution in [0, 0.1) is 5.92 Å². The van der Waals surface area contributed by atoms with E-state index in [1.807, 2.05) is 54.6 Å². The van der Waals surface area contributed by atoms with Gasteiger partial charge in [0.15, 0.2) is 11.7 Å². The first-order valence-electron chi connectivity index (χ1n) is 8.30. The molecule has 26 heavy (non-hydrogen) atoms. The molecule has 0 aromatic heterocycles. The number of nitrogens with one attached hydrogen (secondary N) is 1.